The van der Waals surface area contributed by atoms with Gasteiger partial charge in [-0.1, -0.05) is 18.2 Å². The van der Waals surface area contributed by atoms with E-state index in [2.05, 4.69) is 18.2 Å². The molecule has 7 unspecified atom stereocenters. The average Bonchev–Trinajstić information content (AvgIpc) is 2.95. The molecule has 0 aromatic rings. The second-order valence-corrected chi connectivity index (χ2v) is 6.05. The van der Waals surface area contributed by atoms with Crippen LogP contribution in [0.25, 0.3) is 0 Å². The first-order valence-electron chi connectivity index (χ1n) is 6.45. The van der Waals surface area contributed by atoms with Gasteiger partial charge in [0.2, 0.25) is 0 Å². The van der Waals surface area contributed by atoms with Gasteiger partial charge in [-0.05, 0) is 66.9 Å². The average molecular weight is 201 g/mol. The molecule has 4 aliphatic rings. The van der Waals surface area contributed by atoms with Crippen LogP contribution in [0.3, 0.4) is 0 Å². The minimum atomic E-state index is 0.814. The van der Waals surface area contributed by atoms with Crippen LogP contribution in [0.1, 0.15) is 19.3 Å². The lowest BCUT2D eigenvalue weighted by Gasteiger charge is -2.35. The summed E-state index contributed by atoms with van der Waals surface area (Å²) in [7, 11) is 0. The zero-order chi connectivity index (χ0) is 9.99. The molecule has 4 aliphatic carbocycles. The van der Waals surface area contributed by atoms with Gasteiger partial charge in [0.05, 0.1) is 0 Å². The Labute approximate surface area is 91.4 Å². The van der Waals surface area contributed by atoms with E-state index < -0.39 is 0 Å². The van der Waals surface area contributed by atoms with Crippen LogP contribution >= 0.6 is 0 Å². The molecule has 3 fully saturated rings. The minimum absolute atomic E-state index is 0.814. The second kappa shape index (κ2) is 2.69. The molecule has 1 nitrogen and oxygen atoms in total. The van der Waals surface area contributed by atoms with Crippen LogP contribution in [-0.4, -0.2) is 0 Å². The van der Waals surface area contributed by atoms with Gasteiger partial charge in [-0.25, -0.2) is 0 Å². The molecule has 0 aromatic carbocycles. The highest BCUT2D eigenvalue weighted by molar-refractivity contribution is 5.21. The number of allylic oxidation sites excluding steroid dienone is 3. The lowest BCUT2D eigenvalue weighted by atomic mass is 9.69. The Bertz CT molecular complexity index is 343. The predicted molar refractivity (Wildman–Crippen MR) is 60.7 cm³/mol. The van der Waals surface area contributed by atoms with E-state index in [-0.39, 0.29) is 0 Å². The largest absolute Gasteiger partial charge is 0.405 e. The molecule has 0 spiro atoms. The first-order valence-corrected chi connectivity index (χ1v) is 6.45. The Morgan fingerprint density at radius 3 is 2.60 bits per heavy atom. The molecule has 0 saturated heterocycles. The van der Waals surface area contributed by atoms with Crippen LogP contribution in [0.4, 0.5) is 0 Å². The zero-order valence-electron chi connectivity index (χ0n) is 9.05. The summed E-state index contributed by atoms with van der Waals surface area (Å²) >= 11 is 0. The molecular weight excluding hydrogens is 182 g/mol. The minimum Gasteiger partial charge on any atom is -0.405 e. The van der Waals surface area contributed by atoms with Gasteiger partial charge in [0.1, 0.15) is 0 Å². The second-order valence-electron chi connectivity index (χ2n) is 6.05. The van der Waals surface area contributed by atoms with Crippen LogP contribution in [0.15, 0.2) is 24.4 Å². The maximum absolute atomic E-state index is 5.56. The molecule has 0 heterocycles. The Kier molecular flexibility index (Phi) is 1.51. The van der Waals surface area contributed by atoms with Crippen molar-refractivity contribution in [3.63, 3.8) is 0 Å². The quantitative estimate of drug-likeness (QED) is 0.512. The van der Waals surface area contributed by atoms with Crippen LogP contribution in [-0.2, 0) is 0 Å². The van der Waals surface area contributed by atoms with Gasteiger partial charge in [0.25, 0.3) is 0 Å². The van der Waals surface area contributed by atoms with Crippen molar-refractivity contribution in [2.45, 2.75) is 19.3 Å². The van der Waals surface area contributed by atoms with Gasteiger partial charge < -0.3 is 5.73 Å². The number of nitrogens with two attached hydrogens (primary N) is 1. The summed E-state index contributed by atoms with van der Waals surface area (Å²) in [4.78, 5) is 0. The van der Waals surface area contributed by atoms with Gasteiger partial charge in [0.15, 0.2) is 0 Å². The number of rotatable bonds is 1. The zero-order valence-corrected chi connectivity index (χ0v) is 9.05. The summed E-state index contributed by atoms with van der Waals surface area (Å²) in [5.41, 5.74) is 5.56. The molecule has 15 heavy (non-hydrogen) atoms. The molecule has 2 N–H and O–H groups in total. The van der Waals surface area contributed by atoms with E-state index in [1.807, 2.05) is 0 Å². The Morgan fingerprint density at radius 1 is 1.00 bits per heavy atom. The molecule has 80 valence electrons. The van der Waals surface area contributed by atoms with E-state index in [9.17, 15) is 0 Å². The van der Waals surface area contributed by atoms with E-state index in [4.69, 9.17) is 5.73 Å². The molecule has 3 saturated carbocycles. The van der Waals surface area contributed by atoms with E-state index in [0.29, 0.717) is 0 Å². The smallest absolute Gasteiger partial charge is 0.0100 e. The third-order valence-electron chi connectivity index (χ3n) is 5.68. The van der Waals surface area contributed by atoms with Gasteiger partial charge in [-0.2, -0.15) is 0 Å². The molecule has 4 bridgehead atoms. The summed E-state index contributed by atoms with van der Waals surface area (Å²) in [6.45, 7) is 0. The van der Waals surface area contributed by atoms with Gasteiger partial charge in [0, 0.05) is 0 Å². The first kappa shape index (κ1) is 8.43. The highest BCUT2D eigenvalue weighted by Crippen LogP contribution is 2.67. The number of hydrogen-bond donors (Lipinski definition) is 1. The molecule has 1 heteroatoms. The lowest BCUT2D eigenvalue weighted by Crippen LogP contribution is -2.30. The van der Waals surface area contributed by atoms with E-state index in [1.54, 1.807) is 6.20 Å². The highest BCUT2D eigenvalue weighted by atomic mass is 14.6. The van der Waals surface area contributed by atoms with Crippen molar-refractivity contribution in [3.8, 4) is 0 Å². The van der Waals surface area contributed by atoms with Crippen molar-refractivity contribution in [3.05, 3.63) is 24.4 Å². The molecule has 4 rings (SSSR count). The summed E-state index contributed by atoms with van der Waals surface area (Å²) in [6, 6.07) is 0. The number of hydrogen-bond acceptors (Lipinski definition) is 1. The van der Waals surface area contributed by atoms with Crippen molar-refractivity contribution in [1.29, 1.82) is 0 Å². The normalized spacial score (nSPS) is 59.6. The fraction of sp³-hybridized carbons (Fsp3) is 0.714. The van der Waals surface area contributed by atoms with E-state index in [0.717, 1.165) is 41.4 Å². The lowest BCUT2D eigenvalue weighted by molar-refractivity contribution is 0.173. The van der Waals surface area contributed by atoms with Gasteiger partial charge >= 0.3 is 0 Å². The third-order valence-corrected chi connectivity index (χ3v) is 5.68. The fourth-order valence-electron chi connectivity index (χ4n) is 5.43. The fourth-order valence-corrected chi connectivity index (χ4v) is 5.43. The predicted octanol–water partition coefficient (Wildman–Crippen LogP) is 2.55. The third kappa shape index (κ3) is 0.902. The van der Waals surface area contributed by atoms with Crippen molar-refractivity contribution in [1.82, 2.24) is 0 Å². The summed E-state index contributed by atoms with van der Waals surface area (Å²) in [5.74, 6) is 6.80. The monoisotopic (exact) mass is 201 g/mol. The van der Waals surface area contributed by atoms with Crippen molar-refractivity contribution < 1.29 is 0 Å². The van der Waals surface area contributed by atoms with Crippen molar-refractivity contribution in [2.75, 3.05) is 0 Å². The standard InChI is InChI=1S/C14H19N/c15-4-3-8-5-11-7-12(8)14-10-2-1-9(6-10)13(11)14/h1-4,8-14H,5-7,15H2/b4-3+. The van der Waals surface area contributed by atoms with Crippen LogP contribution in [0.2, 0.25) is 0 Å². The van der Waals surface area contributed by atoms with Crippen molar-refractivity contribution in [2.24, 2.45) is 47.2 Å². The topological polar surface area (TPSA) is 26.0 Å². The van der Waals surface area contributed by atoms with Crippen LogP contribution in [0.5, 0.6) is 0 Å². The summed E-state index contributed by atoms with van der Waals surface area (Å²) in [5, 5.41) is 0. The summed E-state index contributed by atoms with van der Waals surface area (Å²) < 4.78 is 0. The van der Waals surface area contributed by atoms with Gasteiger partial charge in [-0.3, -0.25) is 0 Å². The number of fused-ring (bicyclic) bond motifs is 9. The maximum Gasteiger partial charge on any atom is -0.0100 e. The molecule has 0 amide bonds. The summed E-state index contributed by atoms with van der Waals surface area (Å²) in [6.07, 6.45) is 13.5. The molecular formula is C14H19N. The van der Waals surface area contributed by atoms with E-state index in [1.165, 1.54) is 19.3 Å². The van der Waals surface area contributed by atoms with Crippen LogP contribution in [0, 0.1) is 41.4 Å². The maximum atomic E-state index is 5.56. The first-order chi connectivity index (χ1) is 7.38. The molecule has 0 radical (unpaired) electrons. The Hall–Kier alpha value is -0.720. The van der Waals surface area contributed by atoms with E-state index >= 15 is 0 Å². The molecule has 0 aliphatic heterocycles. The SMILES string of the molecule is N/C=C/C1CC2CC1C1C3C=CC(C3)C21. The Balaban J connectivity index is 1.68. The van der Waals surface area contributed by atoms with Crippen LogP contribution < -0.4 is 5.73 Å². The van der Waals surface area contributed by atoms with Crippen molar-refractivity contribution >= 4 is 0 Å². The van der Waals surface area contributed by atoms with Gasteiger partial charge in [-0.15, -0.1) is 0 Å². The molecule has 0 aromatic heterocycles. The Morgan fingerprint density at radius 2 is 1.80 bits per heavy atom. The highest BCUT2D eigenvalue weighted by Gasteiger charge is 2.60. The molecule has 7 atom stereocenters.